The second-order valence-electron chi connectivity index (χ2n) is 4.92. The topological polar surface area (TPSA) is 32.3 Å². The standard InChI is InChI=1S/C10H20N2O/c1-8(13)12-6-9(7-12)5-11-10(2,3)4/h9,11H,5-7H2,1-4H3. The lowest BCUT2D eigenvalue weighted by molar-refractivity contribution is -0.134. The van der Waals surface area contributed by atoms with E-state index in [0.29, 0.717) is 5.92 Å². The molecule has 13 heavy (non-hydrogen) atoms. The van der Waals surface area contributed by atoms with E-state index >= 15 is 0 Å². The van der Waals surface area contributed by atoms with Gasteiger partial charge in [-0.15, -0.1) is 0 Å². The van der Waals surface area contributed by atoms with Gasteiger partial charge in [0.2, 0.25) is 5.91 Å². The third-order valence-corrected chi connectivity index (χ3v) is 2.32. The molecule has 0 aromatic carbocycles. The predicted octanol–water partition coefficient (Wildman–Crippen LogP) is 0.853. The van der Waals surface area contributed by atoms with E-state index in [9.17, 15) is 4.79 Å². The molecule has 0 aromatic rings. The maximum absolute atomic E-state index is 10.9. The third-order valence-electron chi connectivity index (χ3n) is 2.32. The van der Waals surface area contributed by atoms with Gasteiger partial charge in [0.25, 0.3) is 0 Å². The summed E-state index contributed by atoms with van der Waals surface area (Å²) < 4.78 is 0. The molecule has 0 atom stereocenters. The van der Waals surface area contributed by atoms with Gasteiger partial charge in [-0.1, -0.05) is 0 Å². The van der Waals surface area contributed by atoms with Crippen molar-refractivity contribution in [3.8, 4) is 0 Å². The molecule has 3 nitrogen and oxygen atoms in total. The summed E-state index contributed by atoms with van der Waals surface area (Å²) in [5.74, 6) is 0.857. The quantitative estimate of drug-likeness (QED) is 0.690. The fourth-order valence-electron chi connectivity index (χ4n) is 1.41. The van der Waals surface area contributed by atoms with Gasteiger partial charge in [0.1, 0.15) is 0 Å². The fraction of sp³-hybridized carbons (Fsp3) is 0.900. The Morgan fingerprint density at radius 1 is 1.46 bits per heavy atom. The zero-order chi connectivity index (χ0) is 10.1. The van der Waals surface area contributed by atoms with Gasteiger partial charge in [0.15, 0.2) is 0 Å². The summed E-state index contributed by atoms with van der Waals surface area (Å²) in [6.07, 6.45) is 0. The SMILES string of the molecule is CC(=O)N1CC(CNC(C)(C)C)C1. The second kappa shape index (κ2) is 3.66. The number of amides is 1. The van der Waals surface area contributed by atoms with Crippen molar-refractivity contribution >= 4 is 5.91 Å². The number of carbonyl (C=O) groups excluding carboxylic acids is 1. The highest BCUT2D eigenvalue weighted by molar-refractivity contribution is 5.74. The number of hydrogen-bond donors (Lipinski definition) is 1. The maximum atomic E-state index is 10.9. The number of rotatable bonds is 2. The fourth-order valence-corrected chi connectivity index (χ4v) is 1.41. The summed E-state index contributed by atoms with van der Waals surface area (Å²) in [6.45, 7) is 11.0. The number of hydrogen-bond acceptors (Lipinski definition) is 2. The molecule has 0 unspecified atom stereocenters. The minimum absolute atomic E-state index is 0.191. The predicted molar refractivity (Wildman–Crippen MR) is 53.5 cm³/mol. The van der Waals surface area contributed by atoms with Crippen molar-refractivity contribution in [2.24, 2.45) is 5.92 Å². The molecule has 1 fully saturated rings. The van der Waals surface area contributed by atoms with E-state index in [1.807, 2.05) is 4.90 Å². The third kappa shape index (κ3) is 3.35. The highest BCUT2D eigenvalue weighted by Crippen LogP contribution is 2.15. The Bertz CT molecular complexity index is 190. The molecule has 0 aliphatic carbocycles. The van der Waals surface area contributed by atoms with Crippen LogP contribution in [0.2, 0.25) is 0 Å². The van der Waals surface area contributed by atoms with Gasteiger partial charge in [-0.25, -0.2) is 0 Å². The largest absolute Gasteiger partial charge is 0.342 e. The average molecular weight is 184 g/mol. The maximum Gasteiger partial charge on any atom is 0.219 e. The Morgan fingerprint density at radius 3 is 2.38 bits per heavy atom. The van der Waals surface area contributed by atoms with Crippen molar-refractivity contribution in [1.82, 2.24) is 10.2 Å². The van der Waals surface area contributed by atoms with Crippen LogP contribution in [-0.4, -0.2) is 36.0 Å². The number of nitrogens with zero attached hydrogens (tertiary/aromatic N) is 1. The molecule has 1 saturated heterocycles. The first-order valence-electron chi connectivity index (χ1n) is 4.89. The van der Waals surface area contributed by atoms with Crippen molar-refractivity contribution in [2.75, 3.05) is 19.6 Å². The van der Waals surface area contributed by atoms with Crippen LogP contribution < -0.4 is 5.32 Å². The molecular formula is C10H20N2O. The molecule has 76 valence electrons. The lowest BCUT2D eigenvalue weighted by atomic mass is 9.98. The summed E-state index contributed by atoms with van der Waals surface area (Å²) in [5.41, 5.74) is 0.191. The Balaban J connectivity index is 2.12. The van der Waals surface area contributed by atoms with E-state index in [1.54, 1.807) is 6.92 Å². The van der Waals surface area contributed by atoms with Crippen LogP contribution >= 0.6 is 0 Å². The van der Waals surface area contributed by atoms with Gasteiger partial charge in [-0.05, 0) is 20.8 Å². The smallest absolute Gasteiger partial charge is 0.219 e. The Hall–Kier alpha value is -0.570. The molecule has 0 radical (unpaired) electrons. The van der Waals surface area contributed by atoms with Gasteiger partial charge in [-0.2, -0.15) is 0 Å². The van der Waals surface area contributed by atoms with E-state index in [0.717, 1.165) is 19.6 Å². The van der Waals surface area contributed by atoms with Crippen LogP contribution in [0.25, 0.3) is 0 Å². The van der Waals surface area contributed by atoms with Gasteiger partial charge in [0, 0.05) is 38.0 Å². The Morgan fingerprint density at radius 2 is 2.00 bits per heavy atom. The van der Waals surface area contributed by atoms with Crippen molar-refractivity contribution in [1.29, 1.82) is 0 Å². The normalized spacial score (nSPS) is 18.6. The first-order chi connectivity index (χ1) is 5.88. The lowest BCUT2D eigenvalue weighted by Crippen LogP contribution is -2.54. The van der Waals surface area contributed by atoms with E-state index < -0.39 is 0 Å². The summed E-state index contributed by atoms with van der Waals surface area (Å²) in [6, 6.07) is 0. The van der Waals surface area contributed by atoms with Crippen LogP contribution in [0.4, 0.5) is 0 Å². The lowest BCUT2D eigenvalue weighted by Gasteiger charge is -2.40. The zero-order valence-electron chi connectivity index (χ0n) is 9.05. The Kier molecular flexibility index (Phi) is 2.96. The zero-order valence-corrected chi connectivity index (χ0v) is 9.05. The van der Waals surface area contributed by atoms with E-state index in [4.69, 9.17) is 0 Å². The first kappa shape index (κ1) is 10.5. The number of carbonyl (C=O) groups is 1. The molecule has 1 N–H and O–H groups in total. The van der Waals surface area contributed by atoms with Crippen LogP contribution in [0.5, 0.6) is 0 Å². The molecule has 0 bridgehead atoms. The van der Waals surface area contributed by atoms with Crippen molar-refractivity contribution < 1.29 is 4.79 Å². The first-order valence-corrected chi connectivity index (χ1v) is 4.89. The number of nitrogens with one attached hydrogen (secondary N) is 1. The van der Waals surface area contributed by atoms with E-state index in [-0.39, 0.29) is 11.4 Å². The minimum Gasteiger partial charge on any atom is -0.342 e. The Labute approximate surface area is 80.5 Å². The van der Waals surface area contributed by atoms with Gasteiger partial charge < -0.3 is 10.2 Å². The van der Waals surface area contributed by atoms with Crippen molar-refractivity contribution in [3.05, 3.63) is 0 Å². The average Bonchev–Trinajstić information content (AvgIpc) is 1.79. The van der Waals surface area contributed by atoms with Crippen LogP contribution in [0.1, 0.15) is 27.7 Å². The van der Waals surface area contributed by atoms with Crippen LogP contribution in [0, 0.1) is 5.92 Å². The molecule has 0 saturated carbocycles. The molecule has 1 aliphatic heterocycles. The molecular weight excluding hydrogens is 164 g/mol. The van der Waals surface area contributed by atoms with Crippen molar-refractivity contribution in [2.45, 2.75) is 33.2 Å². The number of likely N-dealkylation sites (tertiary alicyclic amines) is 1. The van der Waals surface area contributed by atoms with Gasteiger partial charge in [-0.3, -0.25) is 4.79 Å². The van der Waals surface area contributed by atoms with Gasteiger partial charge >= 0.3 is 0 Å². The molecule has 1 amide bonds. The molecule has 0 spiro atoms. The highest BCUT2D eigenvalue weighted by atomic mass is 16.2. The molecule has 1 heterocycles. The molecule has 1 aliphatic rings. The summed E-state index contributed by atoms with van der Waals surface area (Å²) >= 11 is 0. The van der Waals surface area contributed by atoms with Crippen LogP contribution in [-0.2, 0) is 4.79 Å². The van der Waals surface area contributed by atoms with E-state index in [2.05, 4.69) is 26.1 Å². The minimum atomic E-state index is 0.191. The monoisotopic (exact) mass is 184 g/mol. The van der Waals surface area contributed by atoms with Crippen LogP contribution in [0.15, 0.2) is 0 Å². The summed E-state index contributed by atoms with van der Waals surface area (Å²) in [5, 5.41) is 3.45. The highest BCUT2D eigenvalue weighted by Gasteiger charge is 2.28. The van der Waals surface area contributed by atoms with Gasteiger partial charge in [0.05, 0.1) is 0 Å². The van der Waals surface area contributed by atoms with E-state index in [1.165, 1.54) is 0 Å². The second-order valence-corrected chi connectivity index (χ2v) is 4.92. The molecule has 1 rings (SSSR count). The van der Waals surface area contributed by atoms with Crippen molar-refractivity contribution in [3.63, 3.8) is 0 Å². The summed E-state index contributed by atoms with van der Waals surface area (Å²) in [7, 11) is 0. The molecule has 0 aromatic heterocycles. The summed E-state index contributed by atoms with van der Waals surface area (Å²) in [4.78, 5) is 12.8. The molecule has 3 heteroatoms. The van der Waals surface area contributed by atoms with Crippen LogP contribution in [0.3, 0.4) is 0 Å².